The van der Waals surface area contributed by atoms with Crippen molar-refractivity contribution in [1.29, 1.82) is 5.26 Å². The number of carbonyl (C=O) groups excluding carboxylic acids is 1. The van der Waals surface area contributed by atoms with Crippen molar-refractivity contribution in [2.24, 2.45) is 5.41 Å². The number of nitrogens with zero attached hydrogens (tertiary/aromatic N) is 4. The summed E-state index contributed by atoms with van der Waals surface area (Å²) >= 11 is 0. The van der Waals surface area contributed by atoms with Gasteiger partial charge in [-0.1, -0.05) is 13.8 Å². The standard InChI is InChI=1S/C24H27N5O2/c1-14-8-16(6-7-31-14)29-21(10-22(30)28-20-11-24(20,2)3)27-19-13-26-18-5-4-15(12-25)9-17(18)23(19)29/h4-5,9,13-14,16,20H,6-8,10-11H2,1-3H3,(H,28,30)/t14-,16-,20?/m1/s1. The van der Waals surface area contributed by atoms with Gasteiger partial charge in [0.25, 0.3) is 0 Å². The third kappa shape index (κ3) is 3.66. The molecule has 7 heteroatoms. The summed E-state index contributed by atoms with van der Waals surface area (Å²) in [6.45, 7) is 7.10. The lowest BCUT2D eigenvalue weighted by Crippen LogP contribution is -2.32. The number of ether oxygens (including phenoxy) is 1. The first-order valence-corrected chi connectivity index (χ1v) is 11.0. The number of nitrogens with one attached hydrogen (secondary N) is 1. The predicted octanol–water partition coefficient (Wildman–Crippen LogP) is 3.65. The SMILES string of the molecule is C[C@@H]1C[C@H](n2c(CC(=O)NC3CC3(C)C)nc3cnc4ccc(C#N)cc4c32)CCO1. The maximum absolute atomic E-state index is 12.8. The summed E-state index contributed by atoms with van der Waals surface area (Å²) in [5, 5.41) is 13.5. The van der Waals surface area contributed by atoms with Crippen LogP contribution in [0.1, 0.15) is 57.5 Å². The highest BCUT2D eigenvalue weighted by Crippen LogP contribution is 2.44. The Kier molecular flexibility index (Phi) is 4.71. The van der Waals surface area contributed by atoms with Gasteiger partial charge in [-0.15, -0.1) is 0 Å². The highest BCUT2D eigenvalue weighted by atomic mass is 16.5. The highest BCUT2D eigenvalue weighted by molar-refractivity contribution is 6.03. The number of fused-ring (bicyclic) bond motifs is 3. The van der Waals surface area contributed by atoms with E-state index in [0.29, 0.717) is 12.2 Å². The maximum atomic E-state index is 12.8. The zero-order valence-corrected chi connectivity index (χ0v) is 18.2. The second-order valence-corrected chi connectivity index (χ2v) is 9.58. The van der Waals surface area contributed by atoms with E-state index in [1.807, 2.05) is 12.1 Å². The first-order valence-electron chi connectivity index (χ1n) is 11.0. The maximum Gasteiger partial charge on any atom is 0.227 e. The fourth-order valence-corrected chi connectivity index (χ4v) is 4.72. The van der Waals surface area contributed by atoms with Crippen LogP contribution in [0.2, 0.25) is 0 Å². The number of hydrogen-bond acceptors (Lipinski definition) is 5. The van der Waals surface area contributed by atoms with Crippen molar-refractivity contribution in [3.63, 3.8) is 0 Å². The molecule has 1 aliphatic carbocycles. The van der Waals surface area contributed by atoms with Crippen molar-refractivity contribution in [2.45, 2.75) is 64.6 Å². The molecule has 0 bridgehead atoms. The Morgan fingerprint density at radius 3 is 2.90 bits per heavy atom. The summed E-state index contributed by atoms with van der Waals surface area (Å²) in [6.07, 6.45) is 4.88. The Morgan fingerprint density at radius 2 is 2.19 bits per heavy atom. The van der Waals surface area contributed by atoms with Gasteiger partial charge in [-0.25, -0.2) is 4.98 Å². The molecule has 160 valence electrons. The Hall–Kier alpha value is -2.98. The number of aromatic nitrogens is 3. The molecule has 2 fully saturated rings. The van der Waals surface area contributed by atoms with Crippen molar-refractivity contribution in [1.82, 2.24) is 19.9 Å². The smallest absolute Gasteiger partial charge is 0.227 e. The summed E-state index contributed by atoms with van der Waals surface area (Å²) < 4.78 is 8.00. The number of rotatable bonds is 4. The van der Waals surface area contributed by atoms with Crippen LogP contribution in [-0.2, 0) is 16.0 Å². The van der Waals surface area contributed by atoms with E-state index in [4.69, 9.17) is 9.72 Å². The second-order valence-electron chi connectivity index (χ2n) is 9.58. The molecule has 1 N–H and O–H groups in total. The number of imidazole rings is 1. The van der Waals surface area contributed by atoms with Crippen LogP contribution in [0.4, 0.5) is 0 Å². The lowest BCUT2D eigenvalue weighted by atomic mass is 10.0. The molecule has 2 aliphatic rings. The summed E-state index contributed by atoms with van der Waals surface area (Å²) in [5.74, 6) is 0.754. The molecule has 7 nitrogen and oxygen atoms in total. The van der Waals surface area contributed by atoms with Gasteiger partial charge < -0.3 is 14.6 Å². The molecule has 3 heterocycles. The molecule has 3 aromatic rings. The van der Waals surface area contributed by atoms with Gasteiger partial charge in [0.05, 0.1) is 41.4 Å². The van der Waals surface area contributed by atoms with E-state index in [1.165, 1.54) is 0 Å². The lowest BCUT2D eigenvalue weighted by molar-refractivity contribution is -0.120. The average Bonchev–Trinajstić information content (AvgIpc) is 3.16. The molecule has 1 aromatic carbocycles. The number of nitriles is 1. The number of pyridine rings is 1. The van der Waals surface area contributed by atoms with Crippen molar-refractivity contribution >= 4 is 27.8 Å². The lowest BCUT2D eigenvalue weighted by Gasteiger charge is -2.30. The van der Waals surface area contributed by atoms with E-state index in [9.17, 15) is 10.1 Å². The molecule has 1 unspecified atom stereocenters. The molecule has 3 atom stereocenters. The minimum absolute atomic E-state index is 0.00205. The van der Waals surface area contributed by atoms with Crippen LogP contribution in [0, 0.1) is 16.7 Å². The number of amides is 1. The van der Waals surface area contributed by atoms with E-state index < -0.39 is 0 Å². The molecule has 0 spiro atoms. The van der Waals surface area contributed by atoms with Crippen LogP contribution in [-0.4, -0.2) is 39.2 Å². The summed E-state index contributed by atoms with van der Waals surface area (Å²) in [5.41, 5.74) is 3.31. The molecule has 31 heavy (non-hydrogen) atoms. The normalized spacial score (nSPS) is 24.8. The molecule has 1 amide bonds. The van der Waals surface area contributed by atoms with Crippen LogP contribution in [0.25, 0.3) is 21.9 Å². The summed E-state index contributed by atoms with van der Waals surface area (Å²) in [6, 6.07) is 8.18. The highest BCUT2D eigenvalue weighted by Gasteiger charge is 2.46. The van der Waals surface area contributed by atoms with Crippen LogP contribution < -0.4 is 5.32 Å². The molecule has 1 saturated carbocycles. The molecule has 1 saturated heterocycles. The topological polar surface area (TPSA) is 92.8 Å². The minimum Gasteiger partial charge on any atom is -0.378 e. The predicted molar refractivity (Wildman–Crippen MR) is 117 cm³/mol. The molecule has 2 aromatic heterocycles. The van der Waals surface area contributed by atoms with Gasteiger partial charge in [0.1, 0.15) is 11.3 Å². The molecular weight excluding hydrogens is 390 g/mol. The van der Waals surface area contributed by atoms with Gasteiger partial charge >= 0.3 is 0 Å². The van der Waals surface area contributed by atoms with Gasteiger partial charge in [-0.3, -0.25) is 9.78 Å². The van der Waals surface area contributed by atoms with Gasteiger partial charge in [-0.2, -0.15) is 5.26 Å². The number of hydrogen-bond donors (Lipinski definition) is 1. The Labute approximate surface area is 181 Å². The molecule has 0 radical (unpaired) electrons. The van der Waals surface area contributed by atoms with Gasteiger partial charge in [-0.05, 0) is 49.8 Å². The van der Waals surface area contributed by atoms with Crippen LogP contribution in [0.3, 0.4) is 0 Å². The zero-order valence-electron chi connectivity index (χ0n) is 18.2. The summed E-state index contributed by atoms with van der Waals surface area (Å²) in [7, 11) is 0. The second kappa shape index (κ2) is 7.31. The first kappa shape index (κ1) is 20.0. The molecule has 1 aliphatic heterocycles. The first-order chi connectivity index (χ1) is 14.9. The van der Waals surface area contributed by atoms with E-state index in [-0.39, 0.29) is 35.9 Å². The van der Waals surface area contributed by atoms with E-state index in [1.54, 1.807) is 12.3 Å². The van der Waals surface area contributed by atoms with Crippen molar-refractivity contribution < 1.29 is 9.53 Å². The van der Waals surface area contributed by atoms with Crippen LogP contribution in [0.15, 0.2) is 24.4 Å². The van der Waals surface area contributed by atoms with Crippen molar-refractivity contribution in [3.8, 4) is 6.07 Å². The van der Waals surface area contributed by atoms with E-state index in [0.717, 1.165) is 47.0 Å². The largest absolute Gasteiger partial charge is 0.378 e. The van der Waals surface area contributed by atoms with Crippen LogP contribution in [0.5, 0.6) is 0 Å². The number of carbonyl (C=O) groups is 1. The minimum atomic E-state index is 0.00205. The van der Waals surface area contributed by atoms with Crippen molar-refractivity contribution in [2.75, 3.05) is 6.61 Å². The van der Waals surface area contributed by atoms with E-state index >= 15 is 0 Å². The third-order valence-electron chi connectivity index (χ3n) is 6.71. The van der Waals surface area contributed by atoms with Crippen LogP contribution >= 0.6 is 0 Å². The Balaban J connectivity index is 1.62. The fourth-order valence-electron chi connectivity index (χ4n) is 4.72. The van der Waals surface area contributed by atoms with Gasteiger partial charge in [0.2, 0.25) is 5.91 Å². The molecule has 5 rings (SSSR count). The molecular formula is C24H27N5O2. The monoisotopic (exact) mass is 417 g/mol. The van der Waals surface area contributed by atoms with E-state index in [2.05, 4.69) is 41.7 Å². The fraction of sp³-hybridized carbons (Fsp3) is 0.500. The summed E-state index contributed by atoms with van der Waals surface area (Å²) in [4.78, 5) is 22.2. The average molecular weight is 418 g/mol. The van der Waals surface area contributed by atoms with Gasteiger partial charge in [0, 0.05) is 24.1 Å². The number of benzene rings is 1. The van der Waals surface area contributed by atoms with Gasteiger partial charge in [0.15, 0.2) is 0 Å². The third-order valence-corrected chi connectivity index (χ3v) is 6.71. The quantitative estimate of drug-likeness (QED) is 0.699. The Morgan fingerprint density at radius 1 is 1.39 bits per heavy atom. The van der Waals surface area contributed by atoms with Crippen molar-refractivity contribution in [3.05, 3.63) is 35.8 Å². The zero-order chi connectivity index (χ0) is 21.8. The Bertz CT molecular complexity index is 1220.